The van der Waals surface area contributed by atoms with Gasteiger partial charge in [0.2, 0.25) is 11.8 Å². The van der Waals surface area contributed by atoms with E-state index in [4.69, 9.17) is 5.73 Å². The summed E-state index contributed by atoms with van der Waals surface area (Å²) in [7, 11) is 0. The maximum Gasteiger partial charge on any atom is 0.225 e. The Morgan fingerprint density at radius 3 is 2.61 bits per heavy atom. The number of rotatable bonds is 4. The first-order valence-electron chi connectivity index (χ1n) is 5.51. The average molecular weight is 253 g/mol. The molecule has 4 N–H and O–H groups in total. The van der Waals surface area contributed by atoms with Gasteiger partial charge in [0.05, 0.1) is 5.69 Å². The second-order valence-electron chi connectivity index (χ2n) is 4.11. The van der Waals surface area contributed by atoms with Gasteiger partial charge in [-0.1, -0.05) is 0 Å². The monoisotopic (exact) mass is 253 g/mol. The van der Waals surface area contributed by atoms with E-state index in [9.17, 15) is 14.0 Å². The molecular weight excluding hydrogens is 237 g/mol. The molecule has 0 aliphatic carbocycles. The fraction of sp³-hybridized carbons (Fsp3) is 0.333. The number of nitrogens with one attached hydrogen (secondary N) is 2. The van der Waals surface area contributed by atoms with Crippen LogP contribution in [0.1, 0.15) is 20.3 Å². The molecule has 0 fully saturated rings. The van der Waals surface area contributed by atoms with Crippen molar-refractivity contribution in [2.75, 3.05) is 10.6 Å². The molecule has 2 amide bonds. The fourth-order valence-electron chi connectivity index (χ4n) is 1.39. The molecule has 0 saturated heterocycles. The molecule has 0 aliphatic heterocycles. The first-order valence-corrected chi connectivity index (χ1v) is 5.51. The number of nitrogens with two attached hydrogens (primary N) is 1. The summed E-state index contributed by atoms with van der Waals surface area (Å²) in [6, 6.07) is 3.70. The Balaban J connectivity index is 2.78. The minimum Gasteiger partial charge on any atom is -0.327 e. The Morgan fingerprint density at radius 2 is 2.06 bits per heavy atom. The largest absolute Gasteiger partial charge is 0.327 e. The predicted molar refractivity (Wildman–Crippen MR) is 67.6 cm³/mol. The standard InChI is InChI=1S/C12H16FN3O2/c1-7(14)5-12(18)16-9-3-4-10(13)11(6-9)15-8(2)17/h3-4,6-7H,5,14H2,1-2H3,(H,15,17)(H,16,18). The van der Waals surface area contributed by atoms with Crippen molar-refractivity contribution in [1.29, 1.82) is 0 Å². The van der Waals surface area contributed by atoms with Gasteiger partial charge in [-0.05, 0) is 25.1 Å². The van der Waals surface area contributed by atoms with Crippen molar-refractivity contribution in [2.24, 2.45) is 5.73 Å². The van der Waals surface area contributed by atoms with Gasteiger partial charge in [0.25, 0.3) is 0 Å². The Bertz CT molecular complexity index is 461. The van der Waals surface area contributed by atoms with Crippen LogP contribution in [0.15, 0.2) is 18.2 Å². The van der Waals surface area contributed by atoms with Crippen molar-refractivity contribution in [1.82, 2.24) is 0 Å². The van der Waals surface area contributed by atoms with Crippen molar-refractivity contribution in [3.63, 3.8) is 0 Å². The lowest BCUT2D eigenvalue weighted by Gasteiger charge is -2.10. The molecule has 6 heteroatoms. The molecule has 0 spiro atoms. The van der Waals surface area contributed by atoms with E-state index in [2.05, 4.69) is 10.6 Å². The second-order valence-corrected chi connectivity index (χ2v) is 4.11. The summed E-state index contributed by atoms with van der Waals surface area (Å²) in [4.78, 5) is 22.3. The van der Waals surface area contributed by atoms with Gasteiger partial charge in [-0.15, -0.1) is 0 Å². The van der Waals surface area contributed by atoms with Crippen LogP contribution in [-0.2, 0) is 9.59 Å². The topological polar surface area (TPSA) is 84.2 Å². The second kappa shape index (κ2) is 6.11. The van der Waals surface area contributed by atoms with Crippen LogP contribution in [-0.4, -0.2) is 17.9 Å². The van der Waals surface area contributed by atoms with Gasteiger partial charge in [0.1, 0.15) is 5.82 Å². The van der Waals surface area contributed by atoms with Crippen molar-refractivity contribution in [2.45, 2.75) is 26.3 Å². The molecule has 0 radical (unpaired) electrons. The SMILES string of the molecule is CC(=O)Nc1cc(NC(=O)CC(C)N)ccc1F. The summed E-state index contributed by atoms with van der Waals surface area (Å²) in [6.45, 7) is 2.99. The van der Waals surface area contributed by atoms with E-state index >= 15 is 0 Å². The molecule has 0 heterocycles. The molecule has 0 aromatic heterocycles. The number of halogens is 1. The summed E-state index contributed by atoms with van der Waals surface area (Å²) in [5.74, 6) is -1.20. The summed E-state index contributed by atoms with van der Waals surface area (Å²) in [5, 5.41) is 4.91. The van der Waals surface area contributed by atoms with Crippen molar-refractivity contribution >= 4 is 23.2 Å². The normalized spacial score (nSPS) is 11.8. The Kier molecular flexibility index (Phi) is 4.79. The van der Waals surface area contributed by atoms with Crippen LogP contribution in [0.4, 0.5) is 15.8 Å². The quantitative estimate of drug-likeness (QED) is 0.759. The van der Waals surface area contributed by atoms with Gasteiger partial charge in [-0.3, -0.25) is 9.59 Å². The minimum absolute atomic E-state index is 0.0288. The molecule has 1 atom stereocenters. The smallest absolute Gasteiger partial charge is 0.225 e. The first kappa shape index (κ1) is 14.1. The summed E-state index contributed by atoms with van der Waals surface area (Å²) >= 11 is 0. The highest BCUT2D eigenvalue weighted by Gasteiger charge is 2.08. The Labute approximate surface area is 105 Å². The van der Waals surface area contributed by atoms with Crippen molar-refractivity contribution < 1.29 is 14.0 Å². The Morgan fingerprint density at radius 1 is 1.39 bits per heavy atom. The number of hydrogen-bond acceptors (Lipinski definition) is 3. The third kappa shape index (κ3) is 4.50. The van der Waals surface area contributed by atoms with E-state index in [1.807, 2.05) is 0 Å². The van der Waals surface area contributed by atoms with Crippen LogP contribution < -0.4 is 16.4 Å². The molecule has 1 aromatic carbocycles. The highest BCUT2D eigenvalue weighted by Crippen LogP contribution is 2.19. The molecule has 98 valence electrons. The van der Waals surface area contributed by atoms with Crippen LogP contribution in [0.5, 0.6) is 0 Å². The summed E-state index contributed by atoms with van der Waals surface area (Å²) < 4.78 is 13.3. The number of benzene rings is 1. The van der Waals surface area contributed by atoms with Gasteiger partial charge in [0.15, 0.2) is 0 Å². The van der Waals surface area contributed by atoms with Gasteiger partial charge < -0.3 is 16.4 Å². The third-order valence-electron chi connectivity index (χ3n) is 2.07. The van der Waals surface area contributed by atoms with E-state index < -0.39 is 5.82 Å². The molecule has 1 unspecified atom stereocenters. The highest BCUT2D eigenvalue weighted by atomic mass is 19.1. The molecule has 18 heavy (non-hydrogen) atoms. The molecule has 5 nitrogen and oxygen atoms in total. The maximum absolute atomic E-state index is 13.3. The van der Waals surface area contributed by atoms with E-state index in [0.717, 1.165) is 0 Å². The average Bonchev–Trinajstić information content (AvgIpc) is 2.21. The maximum atomic E-state index is 13.3. The van der Waals surface area contributed by atoms with Gasteiger partial charge >= 0.3 is 0 Å². The zero-order chi connectivity index (χ0) is 13.7. The molecular formula is C12H16FN3O2. The van der Waals surface area contributed by atoms with E-state index in [-0.39, 0.29) is 30.0 Å². The van der Waals surface area contributed by atoms with E-state index in [0.29, 0.717) is 5.69 Å². The van der Waals surface area contributed by atoms with Crippen LogP contribution in [0.2, 0.25) is 0 Å². The molecule has 0 aliphatic rings. The minimum atomic E-state index is -0.560. The zero-order valence-electron chi connectivity index (χ0n) is 10.3. The van der Waals surface area contributed by atoms with Gasteiger partial charge in [-0.2, -0.15) is 0 Å². The third-order valence-corrected chi connectivity index (χ3v) is 2.07. The van der Waals surface area contributed by atoms with E-state index in [1.54, 1.807) is 6.92 Å². The summed E-state index contributed by atoms with van der Waals surface area (Å²) in [6.07, 6.45) is 0.173. The van der Waals surface area contributed by atoms with Gasteiger partial charge in [-0.25, -0.2) is 4.39 Å². The van der Waals surface area contributed by atoms with Crippen LogP contribution in [0.3, 0.4) is 0 Å². The molecule has 1 aromatic rings. The number of carbonyl (C=O) groups excluding carboxylic acids is 2. The number of anilines is 2. The molecule has 1 rings (SSSR count). The fourth-order valence-corrected chi connectivity index (χ4v) is 1.39. The Hall–Kier alpha value is -1.95. The number of hydrogen-bond donors (Lipinski definition) is 3. The number of carbonyl (C=O) groups is 2. The van der Waals surface area contributed by atoms with Crippen LogP contribution >= 0.6 is 0 Å². The first-order chi connectivity index (χ1) is 8.38. The molecule has 0 saturated carbocycles. The van der Waals surface area contributed by atoms with Crippen LogP contribution in [0, 0.1) is 5.82 Å². The lowest BCUT2D eigenvalue weighted by Crippen LogP contribution is -2.24. The lowest BCUT2D eigenvalue weighted by molar-refractivity contribution is -0.116. The van der Waals surface area contributed by atoms with Crippen molar-refractivity contribution in [3.8, 4) is 0 Å². The molecule has 0 bridgehead atoms. The van der Waals surface area contributed by atoms with E-state index in [1.165, 1.54) is 25.1 Å². The van der Waals surface area contributed by atoms with Crippen molar-refractivity contribution in [3.05, 3.63) is 24.0 Å². The lowest BCUT2D eigenvalue weighted by atomic mass is 10.2. The zero-order valence-corrected chi connectivity index (χ0v) is 10.3. The number of amides is 2. The summed E-state index contributed by atoms with van der Waals surface area (Å²) in [5.41, 5.74) is 5.93. The predicted octanol–water partition coefficient (Wildman–Crippen LogP) is 1.46. The van der Waals surface area contributed by atoms with Gasteiger partial charge in [0, 0.05) is 25.1 Å². The highest BCUT2D eigenvalue weighted by molar-refractivity contribution is 5.93. The van der Waals surface area contributed by atoms with Crippen LogP contribution in [0.25, 0.3) is 0 Å².